The highest BCUT2D eigenvalue weighted by atomic mass is 32.2. The van der Waals surface area contributed by atoms with Crippen molar-refractivity contribution in [3.05, 3.63) is 108 Å². The van der Waals surface area contributed by atoms with E-state index in [-0.39, 0.29) is 10.5 Å². The maximum absolute atomic E-state index is 12.3. The van der Waals surface area contributed by atoms with E-state index in [2.05, 4.69) is 0 Å². The fourth-order valence-electron chi connectivity index (χ4n) is 3.39. The fourth-order valence-corrected chi connectivity index (χ4v) is 5.96. The molecule has 0 aliphatic carbocycles. The summed E-state index contributed by atoms with van der Waals surface area (Å²) in [5.41, 5.74) is 4.25. The first kappa shape index (κ1) is 47.6. The quantitative estimate of drug-likeness (QED) is 0.191. The Morgan fingerprint density at radius 2 is 0.694 bits per heavy atom. The first-order chi connectivity index (χ1) is 23.4. The summed E-state index contributed by atoms with van der Waals surface area (Å²) in [6.07, 6.45) is 0. The summed E-state index contributed by atoms with van der Waals surface area (Å²) in [5, 5.41) is 0.0179. The van der Waals surface area contributed by atoms with Gasteiger partial charge in [0, 0.05) is 38.0 Å². The minimum Gasteiger partial charge on any atom is -0.339 e. The van der Waals surface area contributed by atoms with Gasteiger partial charge in [0.05, 0.1) is 9.79 Å². The van der Waals surface area contributed by atoms with Gasteiger partial charge in [-0.25, -0.2) is 8.42 Å². The summed E-state index contributed by atoms with van der Waals surface area (Å²) < 4.78 is 24.5. The van der Waals surface area contributed by atoms with Gasteiger partial charge in [0.25, 0.3) is 10.5 Å². The summed E-state index contributed by atoms with van der Waals surface area (Å²) >= 11 is 2.42. The third-order valence-electron chi connectivity index (χ3n) is 5.85. The molecular formula is C40H58N2O4S3. The van der Waals surface area contributed by atoms with Gasteiger partial charge in [-0.1, -0.05) is 115 Å². The van der Waals surface area contributed by atoms with E-state index < -0.39 is 9.84 Å². The third-order valence-corrected chi connectivity index (χ3v) is 9.73. The van der Waals surface area contributed by atoms with Crippen LogP contribution in [0.25, 0.3) is 11.1 Å². The van der Waals surface area contributed by atoms with Gasteiger partial charge in [0.1, 0.15) is 0 Å². The van der Waals surface area contributed by atoms with Crippen LogP contribution in [0.1, 0.15) is 66.5 Å². The monoisotopic (exact) mass is 726 g/mol. The van der Waals surface area contributed by atoms with Crippen molar-refractivity contribution < 1.29 is 18.0 Å². The van der Waals surface area contributed by atoms with Crippen LogP contribution in [0.2, 0.25) is 0 Å². The second-order valence-electron chi connectivity index (χ2n) is 9.70. The van der Waals surface area contributed by atoms with E-state index >= 15 is 0 Å². The molecule has 0 aliphatic rings. The molecule has 4 rings (SSSR count). The summed E-state index contributed by atoms with van der Waals surface area (Å²) in [7, 11) is 3.59. The minimum atomic E-state index is -3.37. The molecule has 9 heteroatoms. The predicted molar refractivity (Wildman–Crippen MR) is 215 cm³/mol. The molecular weight excluding hydrogens is 669 g/mol. The first-order valence-electron chi connectivity index (χ1n) is 16.7. The molecule has 0 aliphatic heterocycles. The number of hydrogen-bond donors (Lipinski definition) is 0. The highest BCUT2D eigenvalue weighted by molar-refractivity contribution is 8.13. The van der Waals surface area contributed by atoms with Crippen LogP contribution in [0, 0.1) is 13.8 Å². The van der Waals surface area contributed by atoms with Crippen molar-refractivity contribution in [2.75, 3.05) is 28.2 Å². The van der Waals surface area contributed by atoms with Gasteiger partial charge in [-0.2, -0.15) is 0 Å². The van der Waals surface area contributed by atoms with Crippen LogP contribution < -0.4 is 0 Å². The third kappa shape index (κ3) is 17.1. The molecule has 270 valence electrons. The van der Waals surface area contributed by atoms with E-state index in [9.17, 15) is 18.0 Å². The lowest BCUT2D eigenvalue weighted by atomic mass is 10.1. The number of benzene rings is 4. The smallest absolute Gasteiger partial charge is 0.285 e. The van der Waals surface area contributed by atoms with E-state index in [1.54, 1.807) is 86.5 Å². The molecule has 6 nitrogen and oxygen atoms in total. The van der Waals surface area contributed by atoms with Crippen molar-refractivity contribution in [2.24, 2.45) is 0 Å². The van der Waals surface area contributed by atoms with Crippen LogP contribution >= 0.6 is 23.5 Å². The standard InChI is InChI=1S/C18H20N2O2S2.C14H14O2S.4C2H6/c1-19(2)17(21)23-15-9-5-13(6-10-15)14-7-11-16(12-8-14)24-18(22)20(3)4;1-11-3-7-13(8-4-11)17(15,16)14-9-5-12(2)6-10-14;4*1-2/h5-12H,1-4H3;3-10H,1-2H3;4*1-2H3. The number of carbonyl (C=O) groups excluding carboxylic acids is 2. The zero-order valence-corrected chi connectivity index (χ0v) is 34.4. The Kier molecular flexibility index (Phi) is 25.6. The van der Waals surface area contributed by atoms with Crippen LogP contribution in [0.4, 0.5) is 9.59 Å². The number of rotatable bonds is 5. The molecule has 0 N–H and O–H groups in total. The number of nitrogens with zero attached hydrogens (tertiary/aromatic N) is 2. The summed E-state index contributed by atoms with van der Waals surface area (Å²) in [6, 6.07) is 29.6. The molecule has 0 spiro atoms. The van der Waals surface area contributed by atoms with E-state index in [0.29, 0.717) is 9.79 Å². The number of amides is 2. The van der Waals surface area contributed by atoms with Crippen LogP contribution in [0.15, 0.2) is 117 Å². The fraction of sp³-hybridized carbons (Fsp3) is 0.350. The van der Waals surface area contributed by atoms with Crippen molar-refractivity contribution in [3.63, 3.8) is 0 Å². The zero-order chi connectivity index (χ0) is 38.2. The lowest BCUT2D eigenvalue weighted by Crippen LogP contribution is -2.15. The van der Waals surface area contributed by atoms with E-state index in [1.165, 1.54) is 23.5 Å². The Morgan fingerprint density at radius 3 is 0.918 bits per heavy atom. The number of carbonyl (C=O) groups is 2. The Hall–Kier alpha value is -3.53. The first-order valence-corrected chi connectivity index (χ1v) is 19.9. The topological polar surface area (TPSA) is 74.8 Å². The Balaban J connectivity index is 0. The van der Waals surface area contributed by atoms with Crippen molar-refractivity contribution in [3.8, 4) is 11.1 Å². The average molecular weight is 727 g/mol. The molecule has 2 amide bonds. The largest absolute Gasteiger partial charge is 0.339 e. The molecule has 4 aromatic carbocycles. The van der Waals surface area contributed by atoms with Gasteiger partial charge in [0.2, 0.25) is 9.84 Å². The van der Waals surface area contributed by atoms with Crippen molar-refractivity contribution in [1.82, 2.24) is 9.80 Å². The number of hydrogen-bond acceptors (Lipinski definition) is 6. The van der Waals surface area contributed by atoms with Crippen molar-refractivity contribution in [2.45, 2.75) is 88.8 Å². The summed E-state index contributed by atoms with van der Waals surface area (Å²) in [4.78, 5) is 29.0. The number of sulfone groups is 1. The maximum Gasteiger partial charge on any atom is 0.285 e. The Bertz CT molecular complexity index is 1450. The SMILES string of the molecule is CC.CC.CC.CC.CN(C)C(=O)Sc1ccc(-c2ccc(SC(=O)N(C)C)cc2)cc1.Cc1ccc(S(=O)(=O)c2ccc(C)cc2)cc1. The number of aryl methyl sites for hydroxylation is 2. The molecule has 0 aromatic heterocycles. The minimum absolute atomic E-state index is 0.00897. The molecule has 4 aromatic rings. The van der Waals surface area contributed by atoms with Gasteiger partial charge in [-0.05, 0) is 97.0 Å². The Morgan fingerprint density at radius 1 is 0.449 bits per heavy atom. The van der Waals surface area contributed by atoms with Gasteiger partial charge >= 0.3 is 0 Å². The summed E-state index contributed by atoms with van der Waals surface area (Å²) in [5.74, 6) is 0. The van der Waals surface area contributed by atoms with Crippen LogP contribution in [0.3, 0.4) is 0 Å². The molecule has 49 heavy (non-hydrogen) atoms. The van der Waals surface area contributed by atoms with Crippen LogP contribution in [0.5, 0.6) is 0 Å². The molecule has 0 radical (unpaired) electrons. The lowest BCUT2D eigenvalue weighted by molar-refractivity contribution is 0.240. The normalized spacial score (nSPS) is 9.51. The van der Waals surface area contributed by atoms with Crippen LogP contribution in [-0.4, -0.2) is 56.9 Å². The zero-order valence-electron chi connectivity index (χ0n) is 32.0. The van der Waals surface area contributed by atoms with Crippen LogP contribution in [-0.2, 0) is 9.84 Å². The molecule has 0 unspecified atom stereocenters. The van der Waals surface area contributed by atoms with E-state index in [0.717, 1.165) is 32.0 Å². The average Bonchev–Trinajstić information content (AvgIpc) is 3.13. The van der Waals surface area contributed by atoms with Gasteiger partial charge in [-0.3, -0.25) is 9.59 Å². The molecule has 0 heterocycles. The van der Waals surface area contributed by atoms with Crippen molar-refractivity contribution >= 4 is 43.8 Å². The highest BCUT2D eigenvalue weighted by Crippen LogP contribution is 2.28. The van der Waals surface area contributed by atoms with Gasteiger partial charge < -0.3 is 9.80 Å². The molecule has 0 saturated carbocycles. The van der Waals surface area contributed by atoms with Gasteiger partial charge in [0.15, 0.2) is 0 Å². The Labute approximate surface area is 306 Å². The van der Waals surface area contributed by atoms with Crippen molar-refractivity contribution in [1.29, 1.82) is 0 Å². The second kappa shape index (κ2) is 26.4. The number of thioether (sulfide) groups is 2. The highest BCUT2D eigenvalue weighted by Gasteiger charge is 2.16. The summed E-state index contributed by atoms with van der Waals surface area (Å²) in [6.45, 7) is 19.9. The molecule has 0 bridgehead atoms. The predicted octanol–water partition coefficient (Wildman–Crippen LogP) is 12.1. The maximum atomic E-state index is 12.3. The van der Waals surface area contributed by atoms with E-state index in [1.807, 2.05) is 118 Å². The second-order valence-corrected chi connectivity index (χ2v) is 13.7. The van der Waals surface area contributed by atoms with E-state index in [4.69, 9.17) is 0 Å². The lowest BCUT2D eigenvalue weighted by Gasteiger charge is -2.10. The van der Waals surface area contributed by atoms with Gasteiger partial charge in [-0.15, -0.1) is 0 Å². The molecule has 0 atom stereocenters. The molecule has 0 fully saturated rings. The molecule has 0 saturated heterocycles.